The number of carbonyl (C=O) groups excluding carboxylic acids is 3. The van der Waals surface area contributed by atoms with Gasteiger partial charge in [-0.05, 0) is 6.92 Å². The number of hydrogen-bond donors (Lipinski definition) is 6. The molecule has 0 spiro atoms. The lowest BCUT2D eigenvalue weighted by atomic mass is 10.1. The molecule has 3 atom stereocenters. The monoisotopic (exact) mass is 405 g/mol. The Hall–Kier alpha value is -3.54. The smallest absolute Gasteiger partial charge is 0.305 e. The molecule has 2 heterocycles. The van der Waals surface area contributed by atoms with Gasteiger partial charge in [-0.15, -0.1) is 0 Å². The lowest BCUT2D eigenvalue weighted by Crippen LogP contribution is -2.55. The predicted octanol–water partition coefficient (Wildman–Crippen LogP) is -1.72. The number of nitrogens with two attached hydrogens (primary N) is 1. The number of aliphatic carboxylic acids is 1. The highest BCUT2D eigenvalue weighted by Crippen LogP contribution is 2.04. The molecule has 0 bridgehead atoms. The molecule has 2 aromatic rings. The van der Waals surface area contributed by atoms with Crippen LogP contribution < -0.4 is 16.4 Å². The van der Waals surface area contributed by atoms with Gasteiger partial charge in [-0.2, -0.15) is 0 Å². The SMILES string of the molecule is CC(=O)[C@@H](Cc1cnc[nH]1)NC(=O)[C@@H](Cc1cnc[nH]1)NC(=O)[C@H](N)CC(=O)O. The minimum absolute atomic E-state index is 0.0477. The molecule has 12 heteroatoms. The highest BCUT2D eigenvalue weighted by Gasteiger charge is 2.28. The van der Waals surface area contributed by atoms with E-state index >= 15 is 0 Å². The van der Waals surface area contributed by atoms with Gasteiger partial charge in [0.05, 0.1) is 31.2 Å². The maximum atomic E-state index is 12.8. The van der Waals surface area contributed by atoms with E-state index in [-0.39, 0.29) is 18.6 Å². The second-order valence-electron chi connectivity index (χ2n) is 6.50. The number of rotatable bonds is 11. The summed E-state index contributed by atoms with van der Waals surface area (Å²) >= 11 is 0. The van der Waals surface area contributed by atoms with Crippen molar-refractivity contribution in [3.05, 3.63) is 36.4 Å². The van der Waals surface area contributed by atoms with Gasteiger partial charge in [-0.1, -0.05) is 0 Å². The third-order valence-corrected chi connectivity index (χ3v) is 4.13. The van der Waals surface area contributed by atoms with Gasteiger partial charge in [0.2, 0.25) is 11.8 Å². The Kier molecular flexibility index (Phi) is 7.60. The van der Waals surface area contributed by atoms with Gasteiger partial charge in [0.1, 0.15) is 6.04 Å². The van der Waals surface area contributed by atoms with Crippen LogP contribution in [0, 0.1) is 0 Å². The maximum Gasteiger partial charge on any atom is 0.305 e. The summed E-state index contributed by atoms with van der Waals surface area (Å²) < 4.78 is 0. The Morgan fingerprint density at radius 1 is 1.00 bits per heavy atom. The number of carboxylic acids is 1. The van der Waals surface area contributed by atoms with Gasteiger partial charge in [-0.25, -0.2) is 9.97 Å². The van der Waals surface area contributed by atoms with E-state index in [0.29, 0.717) is 11.4 Å². The molecule has 29 heavy (non-hydrogen) atoms. The van der Waals surface area contributed by atoms with Crippen molar-refractivity contribution in [2.24, 2.45) is 5.73 Å². The summed E-state index contributed by atoms with van der Waals surface area (Å²) in [4.78, 5) is 61.1. The summed E-state index contributed by atoms with van der Waals surface area (Å²) in [5, 5.41) is 13.8. The molecule has 7 N–H and O–H groups in total. The molecule has 0 aliphatic carbocycles. The fourth-order valence-electron chi connectivity index (χ4n) is 2.57. The van der Waals surface area contributed by atoms with Gasteiger partial charge in [0.25, 0.3) is 0 Å². The van der Waals surface area contributed by atoms with Crippen LogP contribution in [0.2, 0.25) is 0 Å². The number of imidazole rings is 2. The number of carboxylic acid groups (broad SMARTS) is 1. The van der Waals surface area contributed by atoms with Crippen LogP contribution in [0.1, 0.15) is 24.7 Å². The lowest BCUT2D eigenvalue weighted by Gasteiger charge is -2.22. The number of H-pyrrole nitrogens is 2. The standard InChI is InChI=1S/C17H23N7O5/c1-9(25)13(2-10-5-19-7-21-10)23-17(29)14(3-11-6-20-8-22-11)24-16(28)12(18)4-15(26)27/h5-8,12-14H,2-4,18H2,1H3,(H,19,21)(H,20,22)(H,23,29)(H,24,28)(H,26,27)/t12-,13-,14-/m1/s1. The van der Waals surface area contributed by atoms with E-state index in [1.165, 1.54) is 32.0 Å². The molecule has 12 nitrogen and oxygen atoms in total. The van der Waals surface area contributed by atoms with Crippen molar-refractivity contribution >= 4 is 23.6 Å². The van der Waals surface area contributed by atoms with Gasteiger partial charge in [0.15, 0.2) is 5.78 Å². The number of aromatic nitrogens is 4. The predicted molar refractivity (Wildman–Crippen MR) is 99.4 cm³/mol. The number of ketones is 1. The van der Waals surface area contributed by atoms with Crippen molar-refractivity contribution in [3.8, 4) is 0 Å². The molecule has 2 rings (SSSR count). The minimum atomic E-state index is -1.32. The van der Waals surface area contributed by atoms with Crippen LogP contribution in [0.5, 0.6) is 0 Å². The Labute approximate surface area is 165 Å². The number of carbonyl (C=O) groups is 4. The summed E-state index contributed by atoms with van der Waals surface area (Å²) in [5.74, 6) is -2.92. The number of Topliss-reactive ketones (excluding diaryl/α,β-unsaturated/α-hetero) is 1. The van der Waals surface area contributed by atoms with Crippen LogP contribution in [0.4, 0.5) is 0 Å². The zero-order chi connectivity index (χ0) is 21.4. The molecule has 0 aliphatic rings. The van der Waals surface area contributed by atoms with Crippen LogP contribution >= 0.6 is 0 Å². The quantitative estimate of drug-likeness (QED) is 0.254. The second kappa shape index (κ2) is 10.1. The minimum Gasteiger partial charge on any atom is -0.481 e. The molecule has 0 radical (unpaired) electrons. The van der Waals surface area contributed by atoms with E-state index < -0.39 is 42.3 Å². The van der Waals surface area contributed by atoms with E-state index in [1.54, 1.807) is 0 Å². The zero-order valence-corrected chi connectivity index (χ0v) is 15.7. The first-order valence-electron chi connectivity index (χ1n) is 8.79. The molecule has 2 aromatic heterocycles. The molecule has 0 saturated carbocycles. The first kappa shape index (κ1) is 21.8. The van der Waals surface area contributed by atoms with E-state index in [0.717, 1.165) is 0 Å². The molecule has 0 aliphatic heterocycles. The third kappa shape index (κ3) is 6.84. The summed E-state index contributed by atoms with van der Waals surface area (Å²) in [5.41, 5.74) is 6.79. The maximum absolute atomic E-state index is 12.8. The van der Waals surface area contributed by atoms with Gasteiger partial charge >= 0.3 is 5.97 Å². The number of hydrogen-bond acceptors (Lipinski definition) is 7. The van der Waals surface area contributed by atoms with Crippen molar-refractivity contribution in [2.45, 2.75) is 44.3 Å². The largest absolute Gasteiger partial charge is 0.481 e. The van der Waals surface area contributed by atoms with Gasteiger partial charge < -0.3 is 31.4 Å². The summed E-state index contributed by atoms with van der Waals surface area (Å²) in [6, 6.07) is -3.25. The van der Waals surface area contributed by atoms with Gasteiger partial charge in [0, 0.05) is 36.6 Å². The average Bonchev–Trinajstić information content (AvgIpc) is 3.33. The molecule has 0 saturated heterocycles. The van der Waals surface area contributed by atoms with E-state index in [1.807, 2.05) is 0 Å². The topological polar surface area (TPSA) is 196 Å². The van der Waals surface area contributed by atoms with E-state index in [2.05, 4.69) is 30.6 Å². The van der Waals surface area contributed by atoms with Crippen LogP contribution in [0.15, 0.2) is 25.0 Å². The van der Waals surface area contributed by atoms with Crippen molar-refractivity contribution in [3.63, 3.8) is 0 Å². The van der Waals surface area contributed by atoms with E-state index in [9.17, 15) is 19.2 Å². The number of nitrogens with one attached hydrogen (secondary N) is 4. The van der Waals surface area contributed by atoms with Crippen LogP contribution in [-0.2, 0) is 32.0 Å². The Morgan fingerprint density at radius 2 is 1.52 bits per heavy atom. The summed E-state index contributed by atoms with van der Waals surface area (Å²) in [6.07, 6.45) is 5.56. The molecular weight excluding hydrogens is 382 g/mol. The Morgan fingerprint density at radius 3 is 1.97 bits per heavy atom. The molecule has 0 unspecified atom stereocenters. The average molecular weight is 405 g/mol. The fourth-order valence-corrected chi connectivity index (χ4v) is 2.57. The highest BCUT2D eigenvalue weighted by atomic mass is 16.4. The lowest BCUT2D eigenvalue weighted by molar-refractivity contribution is -0.139. The molecule has 0 aromatic carbocycles. The summed E-state index contributed by atoms with van der Waals surface area (Å²) in [7, 11) is 0. The fraction of sp³-hybridized carbons (Fsp3) is 0.412. The highest BCUT2D eigenvalue weighted by molar-refractivity contribution is 5.94. The van der Waals surface area contributed by atoms with Crippen LogP contribution in [-0.4, -0.2) is 66.7 Å². The molecular formula is C17H23N7O5. The van der Waals surface area contributed by atoms with E-state index in [4.69, 9.17) is 10.8 Å². The van der Waals surface area contributed by atoms with Crippen LogP contribution in [0.3, 0.4) is 0 Å². The van der Waals surface area contributed by atoms with Gasteiger partial charge in [-0.3, -0.25) is 19.2 Å². The van der Waals surface area contributed by atoms with Crippen LogP contribution in [0.25, 0.3) is 0 Å². The van der Waals surface area contributed by atoms with Crippen molar-refractivity contribution in [1.29, 1.82) is 0 Å². The molecule has 156 valence electrons. The van der Waals surface area contributed by atoms with Crippen molar-refractivity contribution in [2.75, 3.05) is 0 Å². The Balaban J connectivity index is 2.10. The summed E-state index contributed by atoms with van der Waals surface area (Å²) in [6.45, 7) is 1.34. The molecule has 0 fully saturated rings. The number of nitrogens with zero attached hydrogens (tertiary/aromatic N) is 2. The van der Waals surface area contributed by atoms with Crippen molar-refractivity contribution < 1.29 is 24.3 Å². The Bertz CT molecular complexity index is 834. The normalized spacial score (nSPS) is 13.9. The third-order valence-electron chi connectivity index (χ3n) is 4.13. The first-order chi connectivity index (χ1) is 13.8. The number of aromatic amines is 2. The first-order valence-corrected chi connectivity index (χ1v) is 8.79. The molecule has 2 amide bonds. The second-order valence-corrected chi connectivity index (χ2v) is 6.50. The van der Waals surface area contributed by atoms with Crippen molar-refractivity contribution in [1.82, 2.24) is 30.6 Å². The zero-order valence-electron chi connectivity index (χ0n) is 15.7. The number of amides is 2.